The molecule has 0 aromatic heterocycles. The van der Waals surface area contributed by atoms with Crippen molar-refractivity contribution >= 4 is 28.9 Å². The Kier molecular flexibility index (Phi) is 4.89. The zero-order valence-corrected chi connectivity index (χ0v) is 13.1. The van der Waals surface area contributed by atoms with Gasteiger partial charge in [-0.3, -0.25) is 4.79 Å². The maximum absolute atomic E-state index is 12.4. The van der Waals surface area contributed by atoms with Crippen LogP contribution >= 0.6 is 11.6 Å². The predicted molar refractivity (Wildman–Crippen MR) is 84.6 cm³/mol. The van der Waals surface area contributed by atoms with Crippen molar-refractivity contribution in [2.75, 3.05) is 44.4 Å². The van der Waals surface area contributed by atoms with Crippen LogP contribution in [-0.4, -0.2) is 45.0 Å². The molecule has 1 saturated heterocycles. The molecule has 1 atom stereocenters. The minimum atomic E-state index is 0.0581. The van der Waals surface area contributed by atoms with Crippen molar-refractivity contribution in [3.05, 3.63) is 23.2 Å². The summed E-state index contributed by atoms with van der Waals surface area (Å²) in [6.07, 6.45) is 2.03. The van der Waals surface area contributed by atoms with Crippen LogP contribution in [0.1, 0.15) is 12.8 Å². The zero-order chi connectivity index (χ0) is 14.7. The molecule has 1 heterocycles. The lowest BCUT2D eigenvalue weighted by Crippen LogP contribution is -2.38. The van der Waals surface area contributed by atoms with Crippen LogP contribution in [-0.2, 0) is 4.79 Å². The summed E-state index contributed by atoms with van der Waals surface area (Å²) in [5.74, 6) is 0.143. The maximum Gasteiger partial charge on any atom is 0.228 e. The summed E-state index contributed by atoms with van der Waals surface area (Å²) in [5.41, 5.74) is 1.74. The van der Waals surface area contributed by atoms with Gasteiger partial charge in [-0.25, -0.2) is 0 Å². The van der Waals surface area contributed by atoms with Gasteiger partial charge in [0, 0.05) is 25.7 Å². The largest absolute Gasteiger partial charge is 0.376 e. The number of anilines is 2. The third kappa shape index (κ3) is 3.64. The number of carbonyl (C=O) groups is 1. The van der Waals surface area contributed by atoms with Crippen LogP contribution in [0.4, 0.5) is 11.4 Å². The topological polar surface area (TPSA) is 35.6 Å². The molecule has 1 aliphatic rings. The van der Waals surface area contributed by atoms with Crippen LogP contribution in [0.2, 0.25) is 5.02 Å². The van der Waals surface area contributed by atoms with Crippen LogP contribution in [0.3, 0.4) is 0 Å². The first-order valence-corrected chi connectivity index (χ1v) is 7.31. The maximum atomic E-state index is 12.4. The molecule has 110 valence electrons. The van der Waals surface area contributed by atoms with Crippen LogP contribution in [0.15, 0.2) is 18.2 Å². The van der Waals surface area contributed by atoms with Crippen LogP contribution in [0.5, 0.6) is 0 Å². The number of piperidine rings is 1. The summed E-state index contributed by atoms with van der Waals surface area (Å²) in [7, 11) is 5.96. The fourth-order valence-electron chi connectivity index (χ4n) is 2.61. The molecule has 0 saturated carbocycles. The first-order chi connectivity index (χ1) is 9.47. The molecule has 0 radical (unpaired) electrons. The molecule has 5 heteroatoms. The van der Waals surface area contributed by atoms with Crippen LogP contribution < -0.4 is 10.2 Å². The summed E-state index contributed by atoms with van der Waals surface area (Å²) in [5, 5.41) is 3.66. The van der Waals surface area contributed by atoms with Crippen molar-refractivity contribution < 1.29 is 4.79 Å². The number of hydrogen-bond acceptors (Lipinski definition) is 3. The summed E-state index contributed by atoms with van der Waals surface area (Å²) < 4.78 is 0. The summed E-state index contributed by atoms with van der Waals surface area (Å²) in [6, 6.07) is 5.56. The number of amides is 1. The second-order valence-corrected chi connectivity index (χ2v) is 6.08. The monoisotopic (exact) mass is 295 g/mol. The average molecular weight is 296 g/mol. The van der Waals surface area contributed by atoms with Crippen molar-refractivity contribution in [2.24, 2.45) is 5.92 Å². The van der Waals surface area contributed by atoms with E-state index in [2.05, 4.69) is 17.3 Å². The molecule has 0 spiro atoms. The van der Waals surface area contributed by atoms with Gasteiger partial charge in [0.05, 0.1) is 17.3 Å². The molecule has 1 aromatic rings. The van der Waals surface area contributed by atoms with Gasteiger partial charge in [-0.15, -0.1) is 0 Å². The summed E-state index contributed by atoms with van der Waals surface area (Å²) in [4.78, 5) is 16.6. The van der Waals surface area contributed by atoms with E-state index in [4.69, 9.17) is 11.6 Å². The number of hydrogen-bond donors (Lipinski definition) is 1. The highest BCUT2D eigenvalue weighted by molar-refractivity contribution is 6.31. The number of halogens is 1. The predicted octanol–water partition coefficient (Wildman–Crippen LogP) is 2.69. The first-order valence-electron chi connectivity index (χ1n) is 6.93. The standard InChI is InChI=1S/C15H22ClN3O/c1-18(2)14-7-6-12(16)9-13(14)17-15(20)11-5-4-8-19(3)10-11/h6-7,9,11H,4-5,8,10H2,1-3H3,(H,17,20). The first kappa shape index (κ1) is 15.1. The molecule has 2 rings (SSSR count). The van der Waals surface area contributed by atoms with Crippen molar-refractivity contribution in [3.8, 4) is 0 Å². The number of carbonyl (C=O) groups excluding carboxylic acids is 1. The average Bonchev–Trinajstić information content (AvgIpc) is 2.38. The fourth-order valence-corrected chi connectivity index (χ4v) is 2.79. The smallest absolute Gasteiger partial charge is 0.228 e. The lowest BCUT2D eigenvalue weighted by Gasteiger charge is -2.29. The Morgan fingerprint density at radius 3 is 2.85 bits per heavy atom. The van der Waals surface area contributed by atoms with E-state index in [9.17, 15) is 4.79 Å². The van der Waals surface area contributed by atoms with Crippen molar-refractivity contribution in [1.29, 1.82) is 0 Å². The Bertz CT molecular complexity index is 490. The molecule has 1 aromatic carbocycles. The van der Waals surface area contributed by atoms with E-state index in [0.29, 0.717) is 5.02 Å². The second-order valence-electron chi connectivity index (χ2n) is 5.65. The molecule has 20 heavy (non-hydrogen) atoms. The van der Waals surface area contributed by atoms with E-state index < -0.39 is 0 Å². The van der Waals surface area contributed by atoms with Gasteiger partial charge in [0.15, 0.2) is 0 Å². The number of nitrogens with zero attached hydrogens (tertiary/aromatic N) is 2. The third-order valence-corrected chi connectivity index (χ3v) is 3.93. The van der Waals surface area contributed by atoms with E-state index in [1.807, 2.05) is 31.1 Å². The van der Waals surface area contributed by atoms with E-state index in [-0.39, 0.29) is 11.8 Å². The van der Waals surface area contributed by atoms with Crippen molar-refractivity contribution in [3.63, 3.8) is 0 Å². The van der Waals surface area contributed by atoms with E-state index in [1.54, 1.807) is 6.07 Å². The normalized spacial score (nSPS) is 19.7. The Morgan fingerprint density at radius 1 is 1.45 bits per heavy atom. The summed E-state index contributed by atoms with van der Waals surface area (Å²) >= 11 is 6.04. The molecular weight excluding hydrogens is 274 g/mol. The zero-order valence-electron chi connectivity index (χ0n) is 12.3. The van der Waals surface area contributed by atoms with Gasteiger partial charge in [0.2, 0.25) is 5.91 Å². The van der Waals surface area contributed by atoms with Gasteiger partial charge in [0.25, 0.3) is 0 Å². The lowest BCUT2D eigenvalue weighted by molar-refractivity contribution is -0.121. The highest BCUT2D eigenvalue weighted by Gasteiger charge is 2.24. The third-order valence-electron chi connectivity index (χ3n) is 3.69. The number of rotatable bonds is 3. The lowest BCUT2D eigenvalue weighted by atomic mass is 9.97. The SMILES string of the molecule is CN1CCCC(C(=O)Nc2cc(Cl)ccc2N(C)C)C1. The second kappa shape index (κ2) is 6.46. The number of likely N-dealkylation sites (tertiary alicyclic amines) is 1. The highest BCUT2D eigenvalue weighted by Crippen LogP contribution is 2.29. The minimum Gasteiger partial charge on any atom is -0.376 e. The summed E-state index contributed by atoms with van der Waals surface area (Å²) in [6.45, 7) is 1.90. The molecule has 1 fully saturated rings. The molecule has 0 bridgehead atoms. The van der Waals surface area contributed by atoms with Gasteiger partial charge >= 0.3 is 0 Å². The van der Waals surface area contributed by atoms with Gasteiger partial charge < -0.3 is 15.1 Å². The van der Waals surface area contributed by atoms with E-state index in [1.165, 1.54) is 0 Å². The molecule has 4 nitrogen and oxygen atoms in total. The molecule has 1 unspecified atom stereocenters. The van der Waals surface area contributed by atoms with E-state index >= 15 is 0 Å². The molecule has 1 aliphatic heterocycles. The number of nitrogens with one attached hydrogen (secondary N) is 1. The highest BCUT2D eigenvalue weighted by atomic mass is 35.5. The molecular formula is C15H22ClN3O. The molecule has 1 amide bonds. The Labute approximate surface area is 125 Å². The Hall–Kier alpha value is -1.26. The van der Waals surface area contributed by atoms with Crippen LogP contribution in [0.25, 0.3) is 0 Å². The van der Waals surface area contributed by atoms with Gasteiger partial charge in [-0.2, -0.15) is 0 Å². The molecule has 1 N–H and O–H groups in total. The van der Waals surface area contributed by atoms with Gasteiger partial charge in [0.1, 0.15) is 0 Å². The number of benzene rings is 1. The minimum absolute atomic E-state index is 0.0581. The van der Waals surface area contributed by atoms with Gasteiger partial charge in [-0.1, -0.05) is 11.6 Å². The quantitative estimate of drug-likeness (QED) is 0.931. The fraction of sp³-hybridized carbons (Fsp3) is 0.533. The Balaban J connectivity index is 2.12. The van der Waals surface area contributed by atoms with Gasteiger partial charge in [-0.05, 0) is 44.6 Å². The molecule has 0 aliphatic carbocycles. The van der Waals surface area contributed by atoms with E-state index in [0.717, 1.165) is 37.3 Å². The van der Waals surface area contributed by atoms with Crippen LogP contribution in [0, 0.1) is 5.92 Å². The van der Waals surface area contributed by atoms with Crippen molar-refractivity contribution in [2.45, 2.75) is 12.8 Å². The van der Waals surface area contributed by atoms with Crippen molar-refractivity contribution in [1.82, 2.24) is 4.90 Å². The Morgan fingerprint density at radius 2 is 2.20 bits per heavy atom.